The molecule has 5 rings (SSSR count). The van der Waals surface area contributed by atoms with Gasteiger partial charge in [0.05, 0.1) is 17.4 Å². The number of para-hydroxylation sites is 1. The van der Waals surface area contributed by atoms with Crippen LogP contribution in [0.3, 0.4) is 0 Å². The summed E-state index contributed by atoms with van der Waals surface area (Å²) >= 11 is 0. The first-order chi connectivity index (χ1) is 14.5. The maximum Gasteiger partial charge on any atom is 0.266 e. The van der Waals surface area contributed by atoms with Gasteiger partial charge in [-0.3, -0.25) is 14.4 Å². The van der Waals surface area contributed by atoms with E-state index in [1.165, 1.54) is 4.90 Å². The summed E-state index contributed by atoms with van der Waals surface area (Å²) in [4.78, 5) is 34.2. The van der Waals surface area contributed by atoms with Crippen LogP contribution in [0, 0.1) is 19.8 Å². The van der Waals surface area contributed by atoms with E-state index in [0.717, 1.165) is 22.4 Å². The summed E-state index contributed by atoms with van der Waals surface area (Å²) in [5.41, 5.74) is 4.56. The topological polar surface area (TPSA) is 49.9 Å². The molecule has 2 aliphatic rings. The first-order valence-corrected chi connectivity index (χ1v) is 10.1. The minimum absolute atomic E-state index is 0.224. The number of nitrogens with zero attached hydrogens (tertiary/aromatic N) is 2. The second-order valence-electron chi connectivity index (χ2n) is 7.92. The number of hydroxylamine groups is 1. The van der Waals surface area contributed by atoms with Crippen LogP contribution < -0.4 is 9.96 Å². The maximum atomic E-state index is 13.5. The average molecular weight is 398 g/mol. The number of aryl methyl sites for hydroxylation is 2. The third-order valence-corrected chi connectivity index (χ3v) is 5.84. The quantitative estimate of drug-likeness (QED) is 0.616. The number of rotatable bonds is 3. The van der Waals surface area contributed by atoms with E-state index in [2.05, 4.69) is 0 Å². The van der Waals surface area contributed by atoms with Crippen LogP contribution in [0.15, 0.2) is 78.9 Å². The lowest BCUT2D eigenvalue weighted by atomic mass is 9.90. The second-order valence-corrected chi connectivity index (χ2v) is 7.92. The highest BCUT2D eigenvalue weighted by atomic mass is 16.7. The van der Waals surface area contributed by atoms with Gasteiger partial charge in [0, 0.05) is 0 Å². The number of hydrogen-bond donors (Lipinski definition) is 0. The maximum absolute atomic E-state index is 13.5. The smallest absolute Gasteiger partial charge is 0.266 e. The highest BCUT2D eigenvalue weighted by Crippen LogP contribution is 2.47. The van der Waals surface area contributed by atoms with Crippen LogP contribution in [0.2, 0.25) is 0 Å². The van der Waals surface area contributed by atoms with Gasteiger partial charge in [-0.1, -0.05) is 65.7 Å². The minimum atomic E-state index is -0.842. The van der Waals surface area contributed by atoms with Crippen molar-refractivity contribution >= 4 is 23.2 Å². The van der Waals surface area contributed by atoms with Crippen molar-refractivity contribution in [1.82, 2.24) is 0 Å². The number of anilines is 2. The van der Waals surface area contributed by atoms with Gasteiger partial charge in [0.2, 0.25) is 5.91 Å². The van der Waals surface area contributed by atoms with Gasteiger partial charge in [-0.05, 0) is 43.7 Å². The molecule has 5 nitrogen and oxygen atoms in total. The summed E-state index contributed by atoms with van der Waals surface area (Å²) in [7, 11) is 0. The average Bonchev–Trinajstić information content (AvgIpc) is 3.27. The fourth-order valence-electron chi connectivity index (χ4n) is 4.26. The molecule has 0 aliphatic carbocycles. The number of imide groups is 1. The molecule has 3 aromatic carbocycles. The Morgan fingerprint density at radius 3 is 1.93 bits per heavy atom. The third kappa shape index (κ3) is 2.90. The predicted molar refractivity (Wildman–Crippen MR) is 115 cm³/mol. The molecule has 2 heterocycles. The Morgan fingerprint density at radius 1 is 0.700 bits per heavy atom. The molecule has 3 aromatic rings. The van der Waals surface area contributed by atoms with Gasteiger partial charge >= 0.3 is 0 Å². The summed E-state index contributed by atoms with van der Waals surface area (Å²) in [6.45, 7) is 4.00. The van der Waals surface area contributed by atoms with Crippen LogP contribution >= 0.6 is 0 Å². The predicted octanol–water partition coefficient (Wildman–Crippen LogP) is 4.35. The number of benzene rings is 3. The molecule has 150 valence electrons. The lowest BCUT2D eigenvalue weighted by Gasteiger charge is -2.28. The van der Waals surface area contributed by atoms with Crippen molar-refractivity contribution in [3.05, 3.63) is 95.6 Å². The normalized spacial score (nSPS) is 23.2. The molecule has 3 atom stereocenters. The Balaban J connectivity index is 1.58. The van der Waals surface area contributed by atoms with Crippen LogP contribution in [-0.2, 0) is 14.4 Å². The van der Waals surface area contributed by atoms with E-state index >= 15 is 0 Å². The van der Waals surface area contributed by atoms with E-state index in [0.29, 0.717) is 5.69 Å². The first kappa shape index (κ1) is 18.6. The molecule has 30 heavy (non-hydrogen) atoms. The molecule has 0 radical (unpaired) electrons. The monoisotopic (exact) mass is 398 g/mol. The van der Waals surface area contributed by atoms with Crippen molar-refractivity contribution < 1.29 is 14.4 Å². The standard InChI is InChI=1S/C25H22N2O3/c1-16-8-12-18(13-9-16)22-21-23(30-27(22)20-6-4-3-5-7-20)25(29)26(24(21)28)19-14-10-17(2)11-15-19/h3-15,21-23H,1-2H3/t21-,22-,23-/m1/s1. The number of amides is 2. The Labute approximate surface area is 175 Å². The fourth-order valence-corrected chi connectivity index (χ4v) is 4.26. The molecule has 0 bridgehead atoms. The van der Waals surface area contributed by atoms with Crippen molar-refractivity contribution in [3.8, 4) is 0 Å². The molecule has 2 saturated heterocycles. The van der Waals surface area contributed by atoms with Crippen molar-refractivity contribution in [2.75, 3.05) is 9.96 Å². The summed E-state index contributed by atoms with van der Waals surface area (Å²) in [5.74, 6) is -1.15. The molecule has 0 aromatic heterocycles. The molecule has 0 spiro atoms. The Kier molecular flexibility index (Phi) is 4.40. The van der Waals surface area contributed by atoms with Gasteiger partial charge in [-0.2, -0.15) is 0 Å². The van der Waals surface area contributed by atoms with Crippen molar-refractivity contribution in [2.24, 2.45) is 5.92 Å². The number of carbonyl (C=O) groups is 2. The van der Waals surface area contributed by atoms with Gasteiger partial charge in [0.1, 0.15) is 5.92 Å². The van der Waals surface area contributed by atoms with Crippen LogP contribution in [0.1, 0.15) is 22.7 Å². The Morgan fingerprint density at radius 2 is 1.30 bits per heavy atom. The van der Waals surface area contributed by atoms with Gasteiger partial charge in [0.15, 0.2) is 6.10 Å². The van der Waals surface area contributed by atoms with Crippen molar-refractivity contribution in [3.63, 3.8) is 0 Å². The van der Waals surface area contributed by atoms with Crippen LogP contribution in [0.5, 0.6) is 0 Å². The molecule has 2 amide bonds. The van der Waals surface area contributed by atoms with Gasteiger partial charge in [0.25, 0.3) is 5.91 Å². The number of fused-ring (bicyclic) bond motifs is 1. The molecule has 5 heteroatoms. The lowest BCUT2D eigenvalue weighted by molar-refractivity contribution is -0.126. The van der Waals surface area contributed by atoms with E-state index in [4.69, 9.17) is 4.84 Å². The molecule has 2 fully saturated rings. The van der Waals surface area contributed by atoms with Crippen LogP contribution in [-0.4, -0.2) is 17.9 Å². The third-order valence-electron chi connectivity index (χ3n) is 5.84. The molecule has 0 saturated carbocycles. The minimum Gasteiger partial charge on any atom is -0.273 e. The van der Waals surface area contributed by atoms with Gasteiger partial charge in [-0.15, -0.1) is 0 Å². The summed E-state index contributed by atoms with van der Waals surface area (Å²) < 4.78 is 0. The lowest BCUT2D eigenvalue weighted by Crippen LogP contribution is -2.37. The zero-order valence-electron chi connectivity index (χ0n) is 16.9. The number of hydrogen-bond acceptors (Lipinski definition) is 4. The van der Waals surface area contributed by atoms with Gasteiger partial charge in [-0.25, -0.2) is 9.96 Å². The summed E-state index contributed by atoms with van der Waals surface area (Å²) in [5, 5.41) is 1.72. The Hall–Kier alpha value is -3.44. The largest absolute Gasteiger partial charge is 0.273 e. The summed E-state index contributed by atoms with van der Waals surface area (Å²) in [6.07, 6.45) is -0.842. The molecular formula is C25H22N2O3. The van der Waals surface area contributed by atoms with Crippen LogP contribution in [0.4, 0.5) is 11.4 Å². The Bertz CT molecular complexity index is 1090. The highest BCUT2D eigenvalue weighted by Gasteiger charge is 2.60. The fraction of sp³-hybridized carbons (Fsp3) is 0.200. The second kappa shape index (κ2) is 7.11. The first-order valence-electron chi connectivity index (χ1n) is 10.1. The zero-order valence-corrected chi connectivity index (χ0v) is 16.9. The van der Waals surface area contributed by atoms with E-state index in [-0.39, 0.29) is 17.9 Å². The molecule has 0 unspecified atom stereocenters. The van der Waals surface area contributed by atoms with Gasteiger partial charge < -0.3 is 0 Å². The molecule has 0 N–H and O–H groups in total. The van der Waals surface area contributed by atoms with Crippen molar-refractivity contribution in [1.29, 1.82) is 0 Å². The highest BCUT2D eigenvalue weighted by molar-refractivity contribution is 6.23. The zero-order chi connectivity index (χ0) is 20.8. The van der Waals surface area contributed by atoms with E-state index in [1.54, 1.807) is 5.06 Å². The van der Waals surface area contributed by atoms with Crippen LogP contribution in [0.25, 0.3) is 0 Å². The number of carbonyl (C=O) groups excluding carboxylic acids is 2. The SMILES string of the molecule is Cc1ccc([C@@H]2[C@H]3C(=O)N(c4ccc(C)cc4)C(=O)[C@@H]3ON2c2ccccc2)cc1. The molecular weight excluding hydrogens is 376 g/mol. The summed E-state index contributed by atoms with van der Waals surface area (Å²) in [6, 6.07) is 24.7. The van der Waals surface area contributed by atoms with E-state index in [1.807, 2.05) is 92.7 Å². The molecule has 2 aliphatic heterocycles. The van der Waals surface area contributed by atoms with Crippen molar-refractivity contribution in [2.45, 2.75) is 26.0 Å². The van der Waals surface area contributed by atoms with E-state index < -0.39 is 12.0 Å². The van der Waals surface area contributed by atoms with E-state index in [9.17, 15) is 9.59 Å².